The fourth-order valence-corrected chi connectivity index (χ4v) is 3.13. The van der Waals surface area contributed by atoms with Crippen LogP contribution in [0.25, 0.3) is 10.9 Å². The molecule has 4 heteroatoms. The topological polar surface area (TPSA) is 57.8 Å². The van der Waals surface area contributed by atoms with Gasteiger partial charge in [0.2, 0.25) is 0 Å². The number of aromatic amines is 1. The average molecular weight is 257 g/mol. The van der Waals surface area contributed by atoms with Gasteiger partial charge in [0.25, 0.3) is 0 Å². The fourth-order valence-electron chi connectivity index (χ4n) is 3.13. The van der Waals surface area contributed by atoms with Crippen LogP contribution in [0.1, 0.15) is 36.5 Å². The molecule has 3 rings (SSSR count). The van der Waals surface area contributed by atoms with Crippen molar-refractivity contribution in [2.24, 2.45) is 5.41 Å². The van der Waals surface area contributed by atoms with E-state index in [0.29, 0.717) is 0 Å². The van der Waals surface area contributed by atoms with Crippen molar-refractivity contribution < 1.29 is 4.79 Å². The Labute approximate surface area is 112 Å². The number of ketones is 1. The first-order valence-corrected chi connectivity index (χ1v) is 6.94. The number of hydrogen-bond donors (Lipinski definition) is 2. The highest BCUT2D eigenvalue weighted by molar-refractivity contribution is 6.03. The molecule has 19 heavy (non-hydrogen) atoms. The van der Waals surface area contributed by atoms with Crippen LogP contribution < -0.4 is 5.32 Å². The minimum Gasteiger partial charge on any atom is -0.316 e. The summed E-state index contributed by atoms with van der Waals surface area (Å²) in [5.41, 5.74) is 1.59. The molecule has 2 aromatic rings. The number of fused-ring (bicyclic) bond motifs is 1. The Morgan fingerprint density at radius 1 is 1.47 bits per heavy atom. The Balaban J connectivity index is 1.97. The summed E-state index contributed by atoms with van der Waals surface area (Å²) in [5, 5.41) is 11.3. The second kappa shape index (κ2) is 4.78. The van der Waals surface area contributed by atoms with E-state index in [-0.39, 0.29) is 11.2 Å². The van der Waals surface area contributed by atoms with E-state index in [4.69, 9.17) is 0 Å². The molecule has 0 amide bonds. The third-order valence-corrected chi connectivity index (χ3v) is 4.16. The molecule has 0 bridgehead atoms. The van der Waals surface area contributed by atoms with Gasteiger partial charge < -0.3 is 5.32 Å². The van der Waals surface area contributed by atoms with Gasteiger partial charge in [-0.25, -0.2) is 0 Å². The standard InChI is InChI=1S/C15H19N3O/c1-2-5-15(6-7-16-10-15)14(19)11-3-4-13-12(8-11)9-17-18-13/h3-4,8-9,16H,2,5-7,10H2,1H3,(H,17,18). The van der Waals surface area contributed by atoms with E-state index >= 15 is 0 Å². The van der Waals surface area contributed by atoms with Crippen LogP contribution in [0.5, 0.6) is 0 Å². The molecule has 0 radical (unpaired) electrons. The Morgan fingerprint density at radius 2 is 2.37 bits per heavy atom. The molecule has 1 unspecified atom stereocenters. The van der Waals surface area contributed by atoms with Crippen LogP contribution in [0, 0.1) is 5.41 Å². The maximum atomic E-state index is 12.9. The molecule has 2 N–H and O–H groups in total. The quantitative estimate of drug-likeness (QED) is 0.827. The highest BCUT2D eigenvalue weighted by Gasteiger charge is 2.40. The van der Waals surface area contributed by atoms with Crippen molar-refractivity contribution in [2.75, 3.05) is 13.1 Å². The second-order valence-corrected chi connectivity index (χ2v) is 5.46. The highest BCUT2D eigenvalue weighted by atomic mass is 16.1. The van der Waals surface area contributed by atoms with Gasteiger partial charge in [-0.3, -0.25) is 9.89 Å². The van der Waals surface area contributed by atoms with Crippen LogP contribution in [0.2, 0.25) is 0 Å². The molecule has 0 saturated carbocycles. The second-order valence-electron chi connectivity index (χ2n) is 5.46. The molecular formula is C15H19N3O. The normalized spacial score (nSPS) is 23.0. The van der Waals surface area contributed by atoms with Crippen LogP contribution in [0.3, 0.4) is 0 Å². The smallest absolute Gasteiger partial charge is 0.170 e. The van der Waals surface area contributed by atoms with Gasteiger partial charge in [-0.1, -0.05) is 13.3 Å². The third-order valence-electron chi connectivity index (χ3n) is 4.16. The summed E-state index contributed by atoms with van der Waals surface area (Å²) in [6.45, 7) is 3.90. The van der Waals surface area contributed by atoms with Crippen molar-refractivity contribution in [2.45, 2.75) is 26.2 Å². The SMILES string of the molecule is CCCC1(C(=O)c2ccc3[nH]ncc3c2)CCNC1. The van der Waals surface area contributed by atoms with E-state index < -0.39 is 0 Å². The first kappa shape index (κ1) is 12.4. The number of nitrogens with zero attached hydrogens (tertiary/aromatic N) is 1. The summed E-state index contributed by atoms with van der Waals surface area (Å²) in [4.78, 5) is 12.9. The summed E-state index contributed by atoms with van der Waals surface area (Å²) in [6.07, 6.45) is 4.72. The van der Waals surface area contributed by atoms with Gasteiger partial charge in [0.05, 0.1) is 11.7 Å². The minimum absolute atomic E-state index is 0.202. The number of carbonyl (C=O) groups is 1. The summed E-state index contributed by atoms with van der Waals surface area (Å²) in [6, 6.07) is 5.81. The number of rotatable bonds is 4. The predicted octanol–water partition coefficient (Wildman–Crippen LogP) is 2.53. The molecule has 2 heterocycles. The van der Waals surface area contributed by atoms with E-state index in [1.165, 1.54) is 0 Å². The molecular weight excluding hydrogens is 238 g/mol. The number of benzene rings is 1. The molecule has 1 aromatic carbocycles. The van der Waals surface area contributed by atoms with Crippen molar-refractivity contribution in [3.05, 3.63) is 30.0 Å². The lowest BCUT2D eigenvalue weighted by atomic mass is 9.76. The molecule has 0 spiro atoms. The van der Waals surface area contributed by atoms with E-state index in [1.807, 2.05) is 18.2 Å². The van der Waals surface area contributed by atoms with Crippen LogP contribution in [-0.2, 0) is 0 Å². The lowest BCUT2D eigenvalue weighted by Crippen LogP contribution is -2.33. The molecule has 1 aromatic heterocycles. The van der Waals surface area contributed by atoms with E-state index in [9.17, 15) is 4.79 Å². The zero-order chi connectivity index (χ0) is 13.3. The molecule has 1 fully saturated rings. The van der Waals surface area contributed by atoms with E-state index in [0.717, 1.165) is 48.8 Å². The van der Waals surface area contributed by atoms with Crippen LogP contribution in [0.15, 0.2) is 24.4 Å². The summed E-state index contributed by atoms with van der Waals surface area (Å²) < 4.78 is 0. The summed E-state index contributed by atoms with van der Waals surface area (Å²) in [5.74, 6) is 0.280. The lowest BCUT2D eigenvalue weighted by Gasteiger charge is -2.26. The average Bonchev–Trinajstić information content (AvgIpc) is 3.06. The number of hydrogen-bond acceptors (Lipinski definition) is 3. The monoisotopic (exact) mass is 257 g/mol. The van der Waals surface area contributed by atoms with E-state index in [2.05, 4.69) is 22.4 Å². The Bertz CT molecular complexity index is 596. The molecule has 1 aliphatic heterocycles. The van der Waals surface area contributed by atoms with Crippen molar-refractivity contribution in [3.63, 3.8) is 0 Å². The highest BCUT2D eigenvalue weighted by Crippen LogP contribution is 2.35. The predicted molar refractivity (Wildman–Crippen MR) is 75.3 cm³/mol. The van der Waals surface area contributed by atoms with Gasteiger partial charge in [-0.2, -0.15) is 5.10 Å². The zero-order valence-electron chi connectivity index (χ0n) is 11.2. The van der Waals surface area contributed by atoms with Crippen molar-refractivity contribution >= 4 is 16.7 Å². The van der Waals surface area contributed by atoms with Crippen molar-refractivity contribution in [3.8, 4) is 0 Å². The molecule has 1 atom stereocenters. The van der Waals surface area contributed by atoms with Crippen LogP contribution >= 0.6 is 0 Å². The van der Waals surface area contributed by atoms with Crippen LogP contribution in [0.4, 0.5) is 0 Å². The van der Waals surface area contributed by atoms with E-state index in [1.54, 1.807) is 6.20 Å². The molecule has 100 valence electrons. The van der Waals surface area contributed by atoms with Gasteiger partial charge in [-0.15, -0.1) is 0 Å². The van der Waals surface area contributed by atoms with Gasteiger partial charge in [0.1, 0.15) is 0 Å². The van der Waals surface area contributed by atoms with Crippen molar-refractivity contribution in [1.29, 1.82) is 0 Å². The minimum atomic E-state index is -0.202. The van der Waals surface area contributed by atoms with Gasteiger partial charge in [-0.05, 0) is 37.6 Å². The first-order valence-electron chi connectivity index (χ1n) is 6.94. The van der Waals surface area contributed by atoms with Gasteiger partial charge >= 0.3 is 0 Å². The fraction of sp³-hybridized carbons (Fsp3) is 0.467. The number of Topliss-reactive ketones (excluding diaryl/α,β-unsaturated/α-hetero) is 1. The van der Waals surface area contributed by atoms with Gasteiger partial charge in [0, 0.05) is 22.9 Å². The van der Waals surface area contributed by atoms with Gasteiger partial charge in [0.15, 0.2) is 5.78 Å². The maximum Gasteiger partial charge on any atom is 0.170 e. The zero-order valence-corrected chi connectivity index (χ0v) is 11.2. The number of carbonyl (C=O) groups excluding carboxylic acids is 1. The first-order chi connectivity index (χ1) is 9.25. The maximum absolute atomic E-state index is 12.9. The Hall–Kier alpha value is -1.68. The van der Waals surface area contributed by atoms with Crippen molar-refractivity contribution in [1.82, 2.24) is 15.5 Å². The number of aromatic nitrogens is 2. The third kappa shape index (κ3) is 2.06. The molecule has 4 nitrogen and oxygen atoms in total. The Morgan fingerprint density at radius 3 is 3.11 bits per heavy atom. The Kier molecular flexibility index (Phi) is 3.11. The largest absolute Gasteiger partial charge is 0.316 e. The summed E-state index contributed by atoms with van der Waals surface area (Å²) >= 11 is 0. The molecule has 1 saturated heterocycles. The lowest BCUT2D eigenvalue weighted by molar-refractivity contribution is 0.0802. The number of H-pyrrole nitrogens is 1. The molecule has 1 aliphatic rings. The number of nitrogens with one attached hydrogen (secondary N) is 2. The molecule has 0 aliphatic carbocycles. The van der Waals surface area contributed by atoms with Crippen LogP contribution in [-0.4, -0.2) is 29.1 Å². The summed E-state index contributed by atoms with van der Waals surface area (Å²) in [7, 11) is 0.